The molecule has 4 fully saturated rings. The molecule has 12 atom stereocenters. The monoisotopic (exact) mass is 498 g/mol. The van der Waals surface area contributed by atoms with E-state index < -0.39 is 9.84 Å². The highest BCUT2D eigenvalue weighted by Crippen LogP contribution is 2.69. The lowest BCUT2D eigenvalue weighted by Crippen LogP contribution is -2.65. The van der Waals surface area contributed by atoms with Crippen molar-refractivity contribution >= 4 is 9.84 Å². The minimum Gasteiger partial charge on any atom is -0.393 e. The number of rotatable bonds is 7. The molecule has 0 aromatic heterocycles. The van der Waals surface area contributed by atoms with Crippen molar-refractivity contribution in [1.82, 2.24) is 0 Å². The molecule has 4 aliphatic carbocycles. The van der Waals surface area contributed by atoms with Crippen LogP contribution in [0.15, 0.2) is 0 Å². The number of unbranched alkanes of at least 4 members (excludes halogenated alkanes) is 1. The first-order valence-corrected chi connectivity index (χ1v) is 16.1. The van der Waals surface area contributed by atoms with E-state index in [0.29, 0.717) is 36.0 Å². The van der Waals surface area contributed by atoms with E-state index in [-0.39, 0.29) is 46.7 Å². The lowest BCUT2D eigenvalue weighted by atomic mass is 9.41. The molecule has 0 radical (unpaired) electrons. The van der Waals surface area contributed by atoms with Gasteiger partial charge in [0.15, 0.2) is 0 Å². The Morgan fingerprint density at radius 1 is 0.971 bits per heavy atom. The summed E-state index contributed by atoms with van der Waals surface area (Å²) < 4.78 is 23.0. The van der Waals surface area contributed by atoms with Crippen molar-refractivity contribution < 1.29 is 23.7 Å². The van der Waals surface area contributed by atoms with E-state index in [0.717, 1.165) is 57.8 Å². The van der Waals surface area contributed by atoms with Crippen LogP contribution in [0.4, 0.5) is 0 Å². The van der Waals surface area contributed by atoms with Gasteiger partial charge < -0.3 is 15.3 Å². The molecule has 4 aliphatic rings. The zero-order chi connectivity index (χ0) is 25.1. The Balaban J connectivity index is 1.56. The van der Waals surface area contributed by atoms with E-state index >= 15 is 0 Å². The second-order valence-corrected chi connectivity index (χ2v) is 15.6. The second kappa shape index (κ2) is 9.61. The number of hydrogen-bond acceptors (Lipinski definition) is 5. The maximum atomic E-state index is 11.8. The molecule has 0 saturated heterocycles. The molecule has 0 aliphatic heterocycles. The standard InChI is InChI=1S/C28H50O5S/c1-6-19-22-15-18(29)12-13-27(22,3)23-16-24(30)28(4)20(10-11-21(28)25(23)26(19)31)17(2)9-7-8-14-34(5,32)33/h17-26,29-31H,6-16H2,1-5H3/t17-,18-,19-,20-,21?,22+,23?,24+,25?,26-,27+,28-/m1/s1. The van der Waals surface area contributed by atoms with Crippen molar-refractivity contribution in [3.05, 3.63) is 0 Å². The third kappa shape index (κ3) is 4.41. The number of aliphatic hydroxyl groups is 3. The molecule has 34 heavy (non-hydrogen) atoms. The Morgan fingerprint density at radius 3 is 2.32 bits per heavy atom. The smallest absolute Gasteiger partial charge is 0.147 e. The molecule has 0 bridgehead atoms. The Morgan fingerprint density at radius 2 is 1.68 bits per heavy atom. The number of fused-ring (bicyclic) bond motifs is 5. The van der Waals surface area contributed by atoms with Gasteiger partial charge in [0.05, 0.1) is 18.3 Å². The molecule has 198 valence electrons. The third-order valence-corrected chi connectivity index (χ3v) is 12.7. The Hall–Kier alpha value is -0.170. The van der Waals surface area contributed by atoms with Gasteiger partial charge in [-0.05, 0) is 97.2 Å². The first-order valence-electron chi connectivity index (χ1n) is 14.1. The van der Waals surface area contributed by atoms with Gasteiger partial charge in [0.2, 0.25) is 0 Å². The molecule has 3 N–H and O–H groups in total. The fraction of sp³-hybridized carbons (Fsp3) is 1.00. The van der Waals surface area contributed by atoms with Crippen molar-refractivity contribution in [2.75, 3.05) is 12.0 Å². The highest BCUT2D eigenvalue weighted by atomic mass is 32.2. The first-order chi connectivity index (χ1) is 15.8. The van der Waals surface area contributed by atoms with E-state index in [1.54, 1.807) is 0 Å². The lowest BCUT2D eigenvalue weighted by molar-refractivity contribution is -0.228. The van der Waals surface area contributed by atoms with Crippen LogP contribution in [0.3, 0.4) is 0 Å². The number of hydrogen-bond donors (Lipinski definition) is 3. The van der Waals surface area contributed by atoms with Crippen LogP contribution in [0.1, 0.15) is 91.9 Å². The van der Waals surface area contributed by atoms with Gasteiger partial charge in [-0.15, -0.1) is 0 Å². The normalized spacial score (nSPS) is 49.7. The summed E-state index contributed by atoms with van der Waals surface area (Å²) in [6.45, 7) is 9.20. The van der Waals surface area contributed by atoms with Crippen LogP contribution in [-0.4, -0.2) is 54.1 Å². The molecule has 3 unspecified atom stereocenters. The minimum absolute atomic E-state index is 0.0848. The van der Waals surface area contributed by atoms with Crippen LogP contribution < -0.4 is 0 Å². The largest absolute Gasteiger partial charge is 0.393 e. The van der Waals surface area contributed by atoms with Gasteiger partial charge in [-0.25, -0.2) is 8.42 Å². The topological polar surface area (TPSA) is 94.8 Å². The predicted octanol–water partition coefficient (Wildman–Crippen LogP) is 4.43. The quantitative estimate of drug-likeness (QED) is 0.451. The molecule has 5 nitrogen and oxygen atoms in total. The van der Waals surface area contributed by atoms with E-state index in [1.807, 2.05) is 0 Å². The molecule has 0 heterocycles. The second-order valence-electron chi connectivity index (χ2n) is 13.3. The maximum Gasteiger partial charge on any atom is 0.147 e. The molecule has 0 aromatic rings. The predicted molar refractivity (Wildman–Crippen MR) is 136 cm³/mol. The number of sulfone groups is 1. The third-order valence-electron chi connectivity index (χ3n) is 11.7. The summed E-state index contributed by atoms with van der Waals surface area (Å²) in [5, 5.41) is 34.0. The summed E-state index contributed by atoms with van der Waals surface area (Å²) in [5.74, 6) is 2.56. The van der Waals surface area contributed by atoms with Gasteiger partial charge in [-0.3, -0.25) is 0 Å². The molecule has 4 rings (SSSR count). The van der Waals surface area contributed by atoms with Gasteiger partial charge in [-0.1, -0.05) is 47.0 Å². The summed E-state index contributed by atoms with van der Waals surface area (Å²) >= 11 is 0. The minimum atomic E-state index is -2.91. The average molecular weight is 499 g/mol. The van der Waals surface area contributed by atoms with Crippen molar-refractivity contribution in [1.29, 1.82) is 0 Å². The summed E-state index contributed by atoms with van der Waals surface area (Å²) in [5.41, 5.74) is -0.102. The van der Waals surface area contributed by atoms with Crippen LogP contribution in [-0.2, 0) is 9.84 Å². The van der Waals surface area contributed by atoms with E-state index in [1.165, 1.54) is 6.26 Å². The molecule has 0 amide bonds. The van der Waals surface area contributed by atoms with Crippen molar-refractivity contribution in [2.45, 2.75) is 110 Å². The highest BCUT2D eigenvalue weighted by Gasteiger charge is 2.67. The van der Waals surface area contributed by atoms with Gasteiger partial charge in [0.1, 0.15) is 9.84 Å². The van der Waals surface area contributed by atoms with Crippen molar-refractivity contribution in [3.8, 4) is 0 Å². The zero-order valence-corrected chi connectivity index (χ0v) is 22.9. The SMILES string of the molecule is CC[C@H]1[C@@H](O)C2C3CC[C@H]([C@H](C)CCCCS(C)(=O)=O)[C@@]3(C)[C@@H](O)CC2[C@@]2(C)CC[C@@H](O)C[C@@H]12. The molecular formula is C28H50O5S. The molecule has 0 aromatic carbocycles. The van der Waals surface area contributed by atoms with Crippen LogP contribution in [0, 0.1) is 52.3 Å². The maximum absolute atomic E-state index is 11.8. The van der Waals surface area contributed by atoms with Crippen molar-refractivity contribution in [2.24, 2.45) is 52.3 Å². The van der Waals surface area contributed by atoms with E-state index in [9.17, 15) is 23.7 Å². The lowest BCUT2D eigenvalue weighted by Gasteiger charge is -2.65. The van der Waals surface area contributed by atoms with Crippen LogP contribution >= 0.6 is 0 Å². The van der Waals surface area contributed by atoms with Gasteiger partial charge in [0.25, 0.3) is 0 Å². The fourth-order valence-electron chi connectivity index (χ4n) is 9.92. The fourth-order valence-corrected chi connectivity index (χ4v) is 10.6. The van der Waals surface area contributed by atoms with Crippen LogP contribution in [0.2, 0.25) is 0 Å². The summed E-state index contributed by atoms with van der Waals surface area (Å²) in [7, 11) is -2.91. The average Bonchev–Trinajstić information content (AvgIpc) is 3.11. The van der Waals surface area contributed by atoms with Gasteiger partial charge in [0, 0.05) is 12.0 Å². The highest BCUT2D eigenvalue weighted by molar-refractivity contribution is 7.90. The Bertz CT molecular complexity index is 829. The Kier molecular flexibility index (Phi) is 7.60. The summed E-state index contributed by atoms with van der Waals surface area (Å²) in [4.78, 5) is 0. The van der Waals surface area contributed by atoms with Crippen LogP contribution in [0.5, 0.6) is 0 Å². The van der Waals surface area contributed by atoms with Crippen LogP contribution in [0.25, 0.3) is 0 Å². The van der Waals surface area contributed by atoms with E-state index in [2.05, 4.69) is 27.7 Å². The first kappa shape index (κ1) is 26.9. The van der Waals surface area contributed by atoms with Crippen molar-refractivity contribution in [3.63, 3.8) is 0 Å². The van der Waals surface area contributed by atoms with Gasteiger partial charge in [-0.2, -0.15) is 0 Å². The molecule has 6 heteroatoms. The Labute approximate surface area is 208 Å². The molecule has 4 saturated carbocycles. The number of aliphatic hydroxyl groups excluding tert-OH is 3. The summed E-state index contributed by atoms with van der Waals surface area (Å²) in [6.07, 6.45) is 9.49. The molecular weight excluding hydrogens is 448 g/mol. The van der Waals surface area contributed by atoms with E-state index in [4.69, 9.17) is 0 Å². The van der Waals surface area contributed by atoms with Gasteiger partial charge >= 0.3 is 0 Å². The summed E-state index contributed by atoms with van der Waals surface area (Å²) in [6, 6.07) is 0. The zero-order valence-electron chi connectivity index (χ0n) is 22.1. The molecule has 0 spiro atoms.